The summed E-state index contributed by atoms with van der Waals surface area (Å²) < 4.78 is 0. The van der Waals surface area contributed by atoms with Crippen molar-refractivity contribution in [3.63, 3.8) is 0 Å². The van der Waals surface area contributed by atoms with Gasteiger partial charge in [-0.15, -0.1) is 0 Å². The summed E-state index contributed by atoms with van der Waals surface area (Å²) in [5.74, 6) is -1.11. The molecule has 0 heterocycles. The molecule has 0 aliphatic carbocycles. The van der Waals surface area contributed by atoms with Gasteiger partial charge < -0.3 is 6.53 Å². The van der Waals surface area contributed by atoms with E-state index in [2.05, 4.69) is 0 Å². The number of nitrogens with zero attached hydrogens (tertiary/aromatic N) is 1. The SMILES string of the molecule is N#C/C(=C\C(=O)O)c1ccccc1.[H-].[K+]. The number of carbonyl (C=O) groups is 1. The molecule has 1 rings (SSSR count). The van der Waals surface area contributed by atoms with Crippen LogP contribution in [0, 0.1) is 11.3 Å². The van der Waals surface area contributed by atoms with Crippen LogP contribution in [0.4, 0.5) is 0 Å². The molecular weight excluding hydrogens is 205 g/mol. The predicted octanol–water partition coefficient (Wildman–Crippen LogP) is -1.21. The maximum absolute atomic E-state index is 10.3. The Balaban J connectivity index is 0. The maximum Gasteiger partial charge on any atom is 1.00 e. The minimum atomic E-state index is -1.11. The van der Waals surface area contributed by atoms with Gasteiger partial charge in [-0.3, -0.25) is 0 Å². The molecule has 0 unspecified atom stereocenters. The van der Waals surface area contributed by atoms with Gasteiger partial charge in [0.15, 0.2) is 0 Å². The zero-order valence-electron chi connectivity index (χ0n) is 8.77. The van der Waals surface area contributed by atoms with Gasteiger partial charge in [0.1, 0.15) is 6.07 Å². The Labute approximate surface area is 126 Å². The van der Waals surface area contributed by atoms with E-state index in [9.17, 15) is 4.79 Å². The zero-order valence-corrected chi connectivity index (χ0v) is 10.9. The average molecular weight is 213 g/mol. The first-order valence-electron chi connectivity index (χ1n) is 3.64. The van der Waals surface area contributed by atoms with Crippen molar-refractivity contribution in [2.24, 2.45) is 0 Å². The summed E-state index contributed by atoms with van der Waals surface area (Å²) in [6.45, 7) is 0. The van der Waals surface area contributed by atoms with Crippen LogP contribution >= 0.6 is 0 Å². The van der Waals surface area contributed by atoms with Gasteiger partial charge in [-0.2, -0.15) is 5.26 Å². The van der Waals surface area contributed by atoms with Crippen LogP contribution in [0.2, 0.25) is 0 Å². The maximum atomic E-state index is 10.3. The third-order valence-electron chi connectivity index (χ3n) is 1.47. The number of carboxylic acids is 1. The van der Waals surface area contributed by atoms with E-state index >= 15 is 0 Å². The molecule has 0 saturated heterocycles. The van der Waals surface area contributed by atoms with Gasteiger partial charge in [0.25, 0.3) is 0 Å². The largest absolute Gasteiger partial charge is 1.00 e. The summed E-state index contributed by atoms with van der Waals surface area (Å²) in [7, 11) is 0. The number of nitriles is 1. The molecule has 3 nitrogen and oxygen atoms in total. The second kappa shape index (κ2) is 6.93. The number of aliphatic carboxylic acids is 1. The monoisotopic (exact) mass is 213 g/mol. The molecule has 1 N–H and O–H groups in total. The minimum absolute atomic E-state index is 0. The third-order valence-corrected chi connectivity index (χ3v) is 1.47. The van der Waals surface area contributed by atoms with E-state index in [0.717, 1.165) is 6.08 Å². The molecule has 66 valence electrons. The molecule has 0 bridgehead atoms. The Hall–Kier alpha value is -0.444. The Kier molecular flexibility index (Phi) is 6.71. The molecule has 0 saturated carbocycles. The van der Waals surface area contributed by atoms with Crippen LogP contribution in [0.1, 0.15) is 6.99 Å². The van der Waals surface area contributed by atoms with Gasteiger partial charge in [-0.1, -0.05) is 30.3 Å². The van der Waals surface area contributed by atoms with Crippen LogP contribution in [-0.2, 0) is 4.79 Å². The molecule has 14 heavy (non-hydrogen) atoms. The quantitative estimate of drug-likeness (QED) is 0.381. The van der Waals surface area contributed by atoms with E-state index in [1.807, 2.05) is 6.07 Å². The van der Waals surface area contributed by atoms with Crippen LogP contribution in [0.25, 0.3) is 5.57 Å². The van der Waals surface area contributed by atoms with Crippen molar-refractivity contribution >= 4 is 11.5 Å². The molecule has 0 radical (unpaired) electrons. The summed E-state index contributed by atoms with van der Waals surface area (Å²) >= 11 is 0. The fourth-order valence-corrected chi connectivity index (χ4v) is 0.921. The molecule has 0 aromatic heterocycles. The Morgan fingerprint density at radius 3 is 2.43 bits per heavy atom. The molecular formula is C10H8KNO2. The van der Waals surface area contributed by atoms with Crippen molar-refractivity contribution in [1.82, 2.24) is 0 Å². The van der Waals surface area contributed by atoms with Gasteiger partial charge in [-0.25, -0.2) is 4.79 Å². The Morgan fingerprint density at radius 1 is 1.43 bits per heavy atom. The van der Waals surface area contributed by atoms with Crippen LogP contribution in [0.15, 0.2) is 36.4 Å². The van der Waals surface area contributed by atoms with Crippen LogP contribution in [0.5, 0.6) is 0 Å². The van der Waals surface area contributed by atoms with E-state index < -0.39 is 5.97 Å². The summed E-state index contributed by atoms with van der Waals surface area (Å²) in [5.41, 5.74) is 0.778. The number of benzene rings is 1. The van der Waals surface area contributed by atoms with Crippen molar-refractivity contribution in [1.29, 1.82) is 5.26 Å². The summed E-state index contributed by atoms with van der Waals surface area (Å²) in [5, 5.41) is 17.1. The second-order valence-electron chi connectivity index (χ2n) is 2.37. The fourth-order valence-electron chi connectivity index (χ4n) is 0.921. The van der Waals surface area contributed by atoms with Crippen LogP contribution < -0.4 is 51.4 Å². The number of carboxylic acid groups (broad SMARTS) is 1. The fraction of sp³-hybridized carbons (Fsp3) is 0. The second-order valence-corrected chi connectivity index (χ2v) is 2.37. The molecule has 0 spiro atoms. The molecule has 0 aliphatic heterocycles. The van der Waals surface area contributed by atoms with Crippen molar-refractivity contribution in [2.75, 3.05) is 0 Å². The van der Waals surface area contributed by atoms with Crippen molar-refractivity contribution in [3.05, 3.63) is 42.0 Å². The molecule has 1 aromatic rings. The Morgan fingerprint density at radius 2 is 2.00 bits per heavy atom. The average Bonchev–Trinajstić information content (AvgIpc) is 2.15. The zero-order chi connectivity index (χ0) is 9.68. The minimum Gasteiger partial charge on any atom is -1.00 e. The summed E-state index contributed by atoms with van der Waals surface area (Å²) in [6.07, 6.45) is 0.898. The number of rotatable bonds is 2. The van der Waals surface area contributed by atoms with E-state index in [0.29, 0.717) is 5.56 Å². The molecule has 0 atom stereocenters. The third kappa shape index (κ3) is 4.18. The van der Waals surface area contributed by atoms with Crippen LogP contribution in [-0.4, -0.2) is 11.1 Å². The number of hydrogen-bond acceptors (Lipinski definition) is 2. The first-order valence-corrected chi connectivity index (χ1v) is 3.64. The first-order chi connectivity index (χ1) is 6.24. The van der Waals surface area contributed by atoms with E-state index in [-0.39, 0.29) is 58.4 Å². The predicted molar refractivity (Wildman–Crippen MR) is 48.8 cm³/mol. The van der Waals surface area contributed by atoms with Gasteiger partial charge in [0.05, 0.1) is 5.57 Å². The van der Waals surface area contributed by atoms with Gasteiger partial charge >= 0.3 is 57.4 Å². The molecule has 0 aliphatic rings. The Bertz CT molecular complexity index is 384. The van der Waals surface area contributed by atoms with Crippen molar-refractivity contribution < 1.29 is 62.7 Å². The molecule has 4 heteroatoms. The number of hydrogen-bond donors (Lipinski definition) is 1. The van der Waals surface area contributed by atoms with E-state index in [1.54, 1.807) is 30.3 Å². The van der Waals surface area contributed by atoms with Gasteiger partial charge in [0.2, 0.25) is 0 Å². The summed E-state index contributed by atoms with van der Waals surface area (Å²) in [4.78, 5) is 10.3. The van der Waals surface area contributed by atoms with Crippen molar-refractivity contribution in [3.8, 4) is 6.07 Å². The van der Waals surface area contributed by atoms with Gasteiger partial charge in [-0.05, 0) is 5.56 Å². The normalized spacial score (nSPS) is 9.79. The van der Waals surface area contributed by atoms with Crippen LogP contribution in [0.3, 0.4) is 0 Å². The molecule has 0 amide bonds. The molecule has 0 fully saturated rings. The standard InChI is InChI=1S/C10H7NO2.K.H/c11-7-9(6-10(12)13)8-4-2-1-3-5-8;;/h1-6H,(H,12,13);;/q;+1;-1/b9-6+;;. The first kappa shape index (κ1) is 13.6. The topological polar surface area (TPSA) is 61.1 Å². The molecule has 1 aromatic carbocycles. The van der Waals surface area contributed by atoms with Gasteiger partial charge in [0, 0.05) is 6.08 Å². The van der Waals surface area contributed by atoms with Crippen molar-refractivity contribution in [2.45, 2.75) is 0 Å². The number of allylic oxidation sites excluding steroid dienone is 1. The van der Waals surface area contributed by atoms with E-state index in [4.69, 9.17) is 10.4 Å². The smallest absolute Gasteiger partial charge is 1.00 e. The summed E-state index contributed by atoms with van der Waals surface area (Å²) in [6, 6.07) is 10.5. The van der Waals surface area contributed by atoms with E-state index in [1.165, 1.54) is 0 Å².